The molecule has 1 aliphatic heterocycles. The first kappa shape index (κ1) is 15.7. The fourth-order valence-corrected chi connectivity index (χ4v) is 5.33. The minimum Gasteiger partial charge on any atom is -0.489 e. The third-order valence-electron chi connectivity index (χ3n) is 4.18. The van der Waals surface area contributed by atoms with Crippen LogP contribution in [0.4, 0.5) is 0 Å². The second-order valence-electron chi connectivity index (χ2n) is 5.79. The van der Waals surface area contributed by atoms with Gasteiger partial charge in [-0.15, -0.1) is 0 Å². The second kappa shape index (κ2) is 5.34. The summed E-state index contributed by atoms with van der Waals surface area (Å²) in [6.07, 6.45) is -0.680. The van der Waals surface area contributed by atoms with Crippen molar-refractivity contribution in [1.82, 2.24) is 3.97 Å². The number of rotatable bonds is 2. The van der Waals surface area contributed by atoms with Gasteiger partial charge in [-0.25, -0.2) is 12.4 Å². The van der Waals surface area contributed by atoms with Crippen molar-refractivity contribution >= 4 is 36.9 Å². The Morgan fingerprint density at radius 3 is 2.62 bits per heavy atom. The molecular weight excluding hydrogens is 394 g/mol. The third-order valence-corrected chi connectivity index (χ3v) is 6.74. The number of hydrogen-bond donors (Lipinski definition) is 1. The van der Waals surface area contributed by atoms with E-state index < -0.39 is 16.1 Å². The normalized spacial score (nSPS) is 17.0. The van der Waals surface area contributed by atoms with Gasteiger partial charge in [0.25, 0.3) is 10.0 Å². The van der Waals surface area contributed by atoms with Crippen molar-refractivity contribution < 1.29 is 18.3 Å². The van der Waals surface area contributed by atoms with E-state index in [9.17, 15) is 13.5 Å². The van der Waals surface area contributed by atoms with E-state index in [1.54, 1.807) is 42.5 Å². The number of aryl methyl sites for hydroxylation is 1. The summed E-state index contributed by atoms with van der Waals surface area (Å²) in [5.41, 5.74) is 2.18. The maximum atomic E-state index is 13.0. The molecule has 24 heavy (non-hydrogen) atoms. The Hall–Kier alpha value is -1.83. The van der Waals surface area contributed by atoms with Gasteiger partial charge in [0.05, 0.1) is 10.4 Å². The molecule has 1 N–H and O–H groups in total. The van der Waals surface area contributed by atoms with Crippen molar-refractivity contribution in [3.05, 3.63) is 58.2 Å². The zero-order chi connectivity index (χ0) is 17.1. The van der Waals surface area contributed by atoms with E-state index in [4.69, 9.17) is 4.74 Å². The molecule has 1 unspecified atom stereocenters. The van der Waals surface area contributed by atoms with E-state index in [0.29, 0.717) is 26.8 Å². The first-order valence-electron chi connectivity index (χ1n) is 7.36. The molecule has 0 spiro atoms. The molecule has 1 atom stereocenters. The lowest BCUT2D eigenvalue weighted by Crippen LogP contribution is -2.13. The van der Waals surface area contributed by atoms with E-state index >= 15 is 0 Å². The Balaban J connectivity index is 1.98. The molecule has 1 aromatic heterocycles. The van der Waals surface area contributed by atoms with Crippen LogP contribution < -0.4 is 4.74 Å². The molecule has 5 nitrogen and oxygen atoms in total. The number of aromatic nitrogens is 1. The summed E-state index contributed by atoms with van der Waals surface area (Å²) in [5.74, 6) is 0.540. The van der Waals surface area contributed by atoms with Crippen LogP contribution in [0.5, 0.6) is 5.75 Å². The predicted molar refractivity (Wildman–Crippen MR) is 93.9 cm³/mol. The number of aliphatic hydroxyl groups is 1. The van der Waals surface area contributed by atoms with Gasteiger partial charge in [0, 0.05) is 10.9 Å². The smallest absolute Gasteiger partial charge is 0.269 e. The van der Waals surface area contributed by atoms with Crippen LogP contribution in [0, 0.1) is 6.92 Å². The SMILES string of the molecule is Cc1ccc(S(=O)(=O)n2c(Br)cc3c4c(ccc32)C(O)CO4)cc1. The van der Waals surface area contributed by atoms with Crippen molar-refractivity contribution in [2.75, 3.05) is 6.61 Å². The van der Waals surface area contributed by atoms with Gasteiger partial charge in [-0.05, 0) is 47.1 Å². The van der Waals surface area contributed by atoms with E-state index in [1.807, 2.05) is 6.92 Å². The fraction of sp³-hybridized carbons (Fsp3) is 0.176. The van der Waals surface area contributed by atoms with Gasteiger partial charge in [-0.1, -0.05) is 23.8 Å². The average Bonchev–Trinajstić information content (AvgIpc) is 3.07. The minimum absolute atomic E-state index is 0.182. The van der Waals surface area contributed by atoms with E-state index in [0.717, 1.165) is 5.56 Å². The van der Waals surface area contributed by atoms with Gasteiger partial charge < -0.3 is 9.84 Å². The van der Waals surface area contributed by atoms with Crippen LogP contribution >= 0.6 is 15.9 Å². The number of fused-ring (bicyclic) bond motifs is 3. The quantitative estimate of drug-likeness (QED) is 0.706. The number of halogens is 1. The highest BCUT2D eigenvalue weighted by atomic mass is 79.9. The lowest BCUT2D eigenvalue weighted by Gasteiger charge is -2.10. The molecule has 2 heterocycles. The molecule has 0 saturated carbocycles. The Kier molecular flexibility index (Phi) is 3.49. The molecule has 4 rings (SSSR count). The highest BCUT2D eigenvalue weighted by Gasteiger charge is 2.28. The van der Waals surface area contributed by atoms with E-state index in [1.165, 1.54) is 3.97 Å². The number of ether oxygens (including phenoxy) is 1. The summed E-state index contributed by atoms with van der Waals surface area (Å²) in [6.45, 7) is 2.09. The van der Waals surface area contributed by atoms with Gasteiger partial charge in [-0.2, -0.15) is 0 Å². The fourth-order valence-electron chi connectivity index (χ4n) is 2.95. The molecule has 0 radical (unpaired) electrons. The van der Waals surface area contributed by atoms with Gasteiger partial charge >= 0.3 is 0 Å². The van der Waals surface area contributed by atoms with Crippen molar-refractivity contribution in [3.63, 3.8) is 0 Å². The van der Waals surface area contributed by atoms with Gasteiger partial charge in [0.15, 0.2) is 0 Å². The predicted octanol–water partition coefficient (Wildman–Crippen LogP) is 3.38. The van der Waals surface area contributed by atoms with Crippen molar-refractivity contribution in [2.45, 2.75) is 17.9 Å². The minimum atomic E-state index is -3.75. The molecule has 124 valence electrons. The summed E-state index contributed by atoms with van der Waals surface area (Å²) >= 11 is 3.35. The second-order valence-corrected chi connectivity index (χ2v) is 8.39. The Bertz CT molecular complexity index is 1050. The topological polar surface area (TPSA) is 68.5 Å². The van der Waals surface area contributed by atoms with Crippen molar-refractivity contribution in [3.8, 4) is 5.75 Å². The number of nitrogens with zero attached hydrogens (tertiary/aromatic N) is 1. The monoisotopic (exact) mass is 407 g/mol. The lowest BCUT2D eigenvalue weighted by molar-refractivity contribution is 0.141. The third kappa shape index (κ3) is 2.19. The molecular formula is C17H14BrNO4S. The molecule has 7 heteroatoms. The van der Waals surface area contributed by atoms with Crippen LogP contribution in [0.25, 0.3) is 10.9 Å². The molecule has 0 saturated heterocycles. The Morgan fingerprint density at radius 2 is 1.92 bits per heavy atom. The van der Waals surface area contributed by atoms with E-state index in [2.05, 4.69) is 15.9 Å². The zero-order valence-electron chi connectivity index (χ0n) is 12.7. The van der Waals surface area contributed by atoms with Gasteiger partial charge in [0.1, 0.15) is 23.1 Å². The summed E-state index contributed by atoms with van der Waals surface area (Å²) in [6, 6.07) is 11.8. The molecule has 3 aromatic rings. The molecule has 0 fully saturated rings. The summed E-state index contributed by atoms with van der Waals surface area (Å²) in [4.78, 5) is 0.216. The lowest BCUT2D eigenvalue weighted by atomic mass is 10.1. The Morgan fingerprint density at radius 1 is 1.21 bits per heavy atom. The number of aliphatic hydroxyl groups excluding tert-OH is 1. The average molecular weight is 408 g/mol. The van der Waals surface area contributed by atoms with Crippen molar-refractivity contribution in [1.29, 1.82) is 0 Å². The maximum Gasteiger partial charge on any atom is 0.269 e. The van der Waals surface area contributed by atoms with E-state index in [-0.39, 0.29) is 11.5 Å². The summed E-state index contributed by atoms with van der Waals surface area (Å²) < 4.78 is 33.3. The number of benzene rings is 2. The highest BCUT2D eigenvalue weighted by Crippen LogP contribution is 2.41. The maximum absolute atomic E-state index is 13.0. The van der Waals surface area contributed by atoms with Crippen LogP contribution in [0.1, 0.15) is 17.2 Å². The van der Waals surface area contributed by atoms with Crippen LogP contribution in [-0.4, -0.2) is 24.1 Å². The van der Waals surface area contributed by atoms with Crippen LogP contribution in [0.15, 0.2) is 52.0 Å². The highest BCUT2D eigenvalue weighted by molar-refractivity contribution is 9.10. The molecule has 2 aromatic carbocycles. The molecule has 0 bridgehead atoms. The molecule has 0 aliphatic carbocycles. The summed E-state index contributed by atoms with van der Waals surface area (Å²) in [7, 11) is -3.75. The molecule has 1 aliphatic rings. The standard InChI is InChI=1S/C17H14BrNO4S/c1-10-2-4-11(5-3-10)24(21,22)19-14-7-6-12-15(20)9-23-17(12)13(14)8-16(19)18/h2-8,15,20H,9H2,1H3. The number of hydrogen-bond acceptors (Lipinski definition) is 4. The van der Waals surface area contributed by atoms with Crippen molar-refractivity contribution in [2.24, 2.45) is 0 Å². The van der Waals surface area contributed by atoms with Gasteiger partial charge in [0.2, 0.25) is 0 Å². The van der Waals surface area contributed by atoms with Gasteiger partial charge in [-0.3, -0.25) is 0 Å². The first-order valence-corrected chi connectivity index (χ1v) is 9.60. The van der Waals surface area contributed by atoms with Crippen LogP contribution in [0.2, 0.25) is 0 Å². The largest absolute Gasteiger partial charge is 0.489 e. The van der Waals surface area contributed by atoms with Crippen LogP contribution in [-0.2, 0) is 10.0 Å². The Labute approximate surface area is 147 Å². The first-order chi connectivity index (χ1) is 11.4. The zero-order valence-corrected chi connectivity index (χ0v) is 15.1. The summed E-state index contributed by atoms with van der Waals surface area (Å²) in [5, 5.41) is 10.6. The van der Waals surface area contributed by atoms with Crippen LogP contribution in [0.3, 0.4) is 0 Å². The molecule has 0 amide bonds.